The largest absolute Gasteiger partial charge is 0.329 e. The number of halogens is 1. The number of aromatic amines is 1. The molecule has 0 spiro atoms. The molecule has 0 radical (unpaired) electrons. The molecule has 0 fully saturated rings. The number of benzene rings is 3. The minimum atomic E-state index is -0.889. The van der Waals surface area contributed by atoms with Gasteiger partial charge in [0.05, 0.1) is 5.52 Å². The van der Waals surface area contributed by atoms with Crippen molar-refractivity contribution in [2.45, 2.75) is 5.54 Å². The first-order valence-corrected chi connectivity index (χ1v) is 10.4. The summed E-state index contributed by atoms with van der Waals surface area (Å²) in [5.41, 5.74) is 3.12. The zero-order chi connectivity index (χ0) is 20.6. The Hall–Kier alpha value is -3.44. The van der Waals surface area contributed by atoms with E-state index >= 15 is 0 Å². The van der Waals surface area contributed by atoms with Crippen molar-refractivity contribution in [2.75, 3.05) is 0 Å². The van der Waals surface area contributed by atoms with Gasteiger partial charge in [0.25, 0.3) is 0 Å². The van der Waals surface area contributed by atoms with Gasteiger partial charge in [-0.25, -0.2) is 9.78 Å². The van der Waals surface area contributed by atoms with Crippen LogP contribution in [-0.4, -0.2) is 14.5 Å². The molecule has 5 aromatic rings. The molecule has 0 bridgehead atoms. The molecule has 0 atom stereocenters. The van der Waals surface area contributed by atoms with Crippen LogP contribution in [0.15, 0.2) is 113 Å². The first-order valence-electron chi connectivity index (χ1n) is 9.64. The van der Waals surface area contributed by atoms with Gasteiger partial charge in [-0.3, -0.25) is 4.57 Å². The van der Waals surface area contributed by atoms with Crippen LogP contribution in [-0.2, 0) is 5.54 Å². The van der Waals surface area contributed by atoms with Gasteiger partial charge in [0.15, 0.2) is 5.65 Å². The van der Waals surface area contributed by atoms with E-state index in [9.17, 15) is 4.79 Å². The lowest BCUT2D eigenvalue weighted by molar-refractivity contribution is 0.511. The summed E-state index contributed by atoms with van der Waals surface area (Å²) in [6, 6.07) is 32.2. The van der Waals surface area contributed by atoms with Crippen LogP contribution in [0.4, 0.5) is 0 Å². The fraction of sp³-hybridized carbons (Fsp3) is 0.0400. The Kier molecular flexibility index (Phi) is 4.60. The minimum Gasteiger partial charge on any atom is -0.304 e. The monoisotopic (exact) mass is 455 g/mol. The van der Waals surface area contributed by atoms with Crippen molar-refractivity contribution in [2.24, 2.45) is 0 Å². The van der Waals surface area contributed by atoms with Crippen LogP contribution in [0.25, 0.3) is 11.2 Å². The van der Waals surface area contributed by atoms with Gasteiger partial charge in [-0.2, -0.15) is 0 Å². The summed E-state index contributed by atoms with van der Waals surface area (Å²) in [6.45, 7) is 0. The molecule has 0 unspecified atom stereocenters. The molecule has 2 aromatic heterocycles. The Labute approximate surface area is 182 Å². The molecule has 0 aliphatic carbocycles. The minimum absolute atomic E-state index is 0.216. The van der Waals surface area contributed by atoms with Crippen LogP contribution in [0.1, 0.15) is 16.7 Å². The van der Waals surface area contributed by atoms with E-state index in [-0.39, 0.29) is 5.69 Å². The van der Waals surface area contributed by atoms with E-state index in [1.807, 2.05) is 60.7 Å². The Morgan fingerprint density at radius 2 is 1.23 bits per heavy atom. The number of nitrogens with zero attached hydrogens (tertiary/aromatic N) is 2. The third-order valence-corrected chi connectivity index (χ3v) is 5.83. The van der Waals surface area contributed by atoms with E-state index in [1.54, 1.807) is 10.8 Å². The predicted octanol–water partition coefficient (Wildman–Crippen LogP) is 5.33. The predicted molar refractivity (Wildman–Crippen MR) is 123 cm³/mol. The number of rotatable bonds is 4. The number of pyridine rings is 1. The van der Waals surface area contributed by atoms with E-state index in [0.717, 1.165) is 21.2 Å². The van der Waals surface area contributed by atoms with Crippen molar-refractivity contribution >= 4 is 27.1 Å². The maximum absolute atomic E-state index is 13.5. The fourth-order valence-electron chi connectivity index (χ4n) is 4.21. The SMILES string of the molecule is O=c1[nH]c2cc(Br)cnc2n1C(c1ccccc1)(c1ccccc1)c1ccccc1. The lowest BCUT2D eigenvalue weighted by Gasteiger charge is -2.36. The molecule has 0 aliphatic heterocycles. The highest BCUT2D eigenvalue weighted by Crippen LogP contribution is 2.41. The summed E-state index contributed by atoms with van der Waals surface area (Å²) in [5, 5.41) is 0. The van der Waals surface area contributed by atoms with Crippen LogP contribution >= 0.6 is 15.9 Å². The van der Waals surface area contributed by atoms with Crippen molar-refractivity contribution in [3.05, 3.63) is 135 Å². The highest BCUT2D eigenvalue weighted by molar-refractivity contribution is 9.10. The molecule has 0 aliphatic rings. The number of fused-ring (bicyclic) bond motifs is 1. The first kappa shape index (κ1) is 18.6. The van der Waals surface area contributed by atoms with Crippen molar-refractivity contribution in [1.82, 2.24) is 14.5 Å². The summed E-state index contributed by atoms with van der Waals surface area (Å²) in [5.74, 6) is 0. The van der Waals surface area contributed by atoms with E-state index < -0.39 is 5.54 Å². The molecule has 146 valence electrons. The molecule has 0 saturated heterocycles. The van der Waals surface area contributed by atoms with Gasteiger partial charge in [0.1, 0.15) is 5.54 Å². The molecule has 30 heavy (non-hydrogen) atoms. The lowest BCUT2D eigenvalue weighted by atomic mass is 9.76. The van der Waals surface area contributed by atoms with E-state index in [0.29, 0.717) is 11.2 Å². The second-order valence-corrected chi connectivity index (χ2v) is 8.01. The highest BCUT2D eigenvalue weighted by atomic mass is 79.9. The van der Waals surface area contributed by atoms with Gasteiger partial charge in [0, 0.05) is 10.7 Å². The number of aromatic nitrogens is 3. The van der Waals surface area contributed by atoms with Crippen molar-refractivity contribution in [3.8, 4) is 0 Å². The van der Waals surface area contributed by atoms with Crippen LogP contribution in [0.3, 0.4) is 0 Å². The molecule has 0 amide bonds. The lowest BCUT2D eigenvalue weighted by Crippen LogP contribution is -2.43. The average Bonchev–Trinajstić information content (AvgIpc) is 3.12. The molecule has 0 saturated carbocycles. The van der Waals surface area contributed by atoms with Crippen LogP contribution in [0.5, 0.6) is 0 Å². The summed E-state index contributed by atoms with van der Waals surface area (Å²) < 4.78 is 2.59. The third kappa shape index (κ3) is 2.82. The molecule has 1 N–H and O–H groups in total. The molecule has 2 heterocycles. The zero-order valence-corrected chi connectivity index (χ0v) is 17.6. The molecule has 5 rings (SSSR count). The Morgan fingerprint density at radius 1 is 0.767 bits per heavy atom. The smallest absolute Gasteiger partial charge is 0.304 e. The van der Waals surface area contributed by atoms with Gasteiger partial charge in [-0.05, 0) is 38.7 Å². The molecular weight excluding hydrogens is 438 g/mol. The maximum Gasteiger partial charge on any atom is 0.329 e. The van der Waals surface area contributed by atoms with Gasteiger partial charge in [0.2, 0.25) is 0 Å². The zero-order valence-electron chi connectivity index (χ0n) is 16.0. The summed E-state index contributed by atoms with van der Waals surface area (Å²) >= 11 is 3.46. The molecule has 5 heteroatoms. The van der Waals surface area contributed by atoms with Crippen molar-refractivity contribution in [1.29, 1.82) is 0 Å². The van der Waals surface area contributed by atoms with Gasteiger partial charge < -0.3 is 4.98 Å². The molecule has 3 aromatic carbocycles. The highest BCUT2D eigenvalue weighted by Gasteiger charge is 2.41. The summed E-state index contributed by atoms with van der Waals surface area (Å²) in [7, 11) is 0. The van der Waals surface area contributed by atoms with Crippen LogP contribution in [0, 0.1) is 0 Å². The van der Waals surface area contributed by atoms with Crippen LogP contribution < -0.4 is 5.69 Å². The number of hydrogen-bond donors (Lipinski definition) is 1. The summed E-state index contributed by atoms with van der Waals surface area (Å²) in [6.07, 6.45) is 1.72. The standard InChI is InChI=1S/C25H18BrN3O/c26-21-16-22-23(27-17-21)29(24(30)28-22)25(18-10-4-1-5-11-18,19-12-6-2-7-13-19)20-14-8-3-9-15-20/h1-17H,(H,28,30). The van der Waals surface area contributed by atoms with Crippen molar-refractivity contribution in [3.63, 3.8) is 0 Å². The summed E-state index contributed by atoms with van der Waals surface area (Å²) in [4.78, 5) is 21.1. The number of hydrogen-bond acceptors (Lipinski definition) is 2. The quantitative estimate of drug-likeness (QED) is 0.372. The fourth-order valence-corrected chi connectivity index (χ4v) is 4.54. The third-order valence-electron chi connectivity index (χ3n) is 5.40. The second kappa shape index (κ2) is 7.43. The Bertz CT molecular complexity index is 1260. The number of imidazole rings is 1. The van der Waals surface area contributed by atoms with E-state index in [1.165, 1.54) is 0 Å². The molecule has 4 nitrogen and oxygen atoms in total. The maximum atomic E-state index is 13.5. The molecular formula is C25H18BrN3O. The Morgan fingerprint density at radius 3 is 1.70 bits per heavy atom. The Balaban J connectivity index is 2.01. The van der Waals surface area contributed by atoms with Crippen LogP contribution in [0.2, 0.25) is 0 Å². The van der Waals surface area contributed by atoms with Crippen molar-refractivity contribution < 1.29 is 0 Å². The first-order chi connectivity index (χ1) is 14.7. The van der Waals surface area contributed by atoms with Gasteiger partial charge >= 0.3 is 5.69 Å². The number of H-pyrrole nitrogens is 1. The topological polar surface area (TPSA) is 50.7 Å². The second-order valence-electron chi connectivity index (χ2n) is 7.10. The normalized spacial score (nSPS) is 11.6. The average molecular weight is 456 g/mol. The van der Waals surface area contributed by atoms with E-state index in [4.69, 9.17) is 0 Å². The van der Waals surface area contributed by atoms with Gasteiger partial charge in [-0.15, -0.1) is 0 Å². The number of nitrogens with one attached hydrogen (secondary N) is 1. The van der Waals surface area contributed by atoms with Gasteiger partial charge in [-0.1, -0.05) is 91.0 Å². The van der Waals surface area contributed by atoms with E-state index in [2.05, 4.69) is 62.3 Å².